The van der Waals surface area contributed by atoms with Gasteiger partial charge in [0.1, 0.15) is 5.75 Å². The molecule has 0 aliphatic carbocycles. The van der Waals surface area contributed by atoms with Crippen LogP contribution in [-0.4, -0.2) is 21.0 Å². The predicted molar refractivity (Wildman–Crippen MR) is 70.6 cm³/mol. The van der Waals surface area contributed by atoms with Crippen molar-refractivity contribution in [1.82, 2.24) is 10.1 Å². The summed E-state index contributed by atoms with van der Waals surface area (Å²) in [6, 6.07) is 5.32. The lowest BCUT2D eigenvalue weighted by Crippen LogP contribution is -1.91. The molecule has 2 heterocycles. The third kappa shape index (κ3) is 1.99. The van der Waals surface area contributed by atoms with Crippen molar-refractivity contribution in [2.45, 2.75) is 25.0 Å². The van der Waals surface area contributed by atoms with Gasteiger partial charge in [-0.25, -0.2) is 0 Å². The molecule has 1 fully saturated rings. The van der Waals surface area contributed by atoms with Crippen molar-refractivity contribution in [2.24, 2.45) is 0 Å². The Bertz CT molecular complexity index is 562. The normalized spacial score (nSPS) is 19.3. The second kappa shape index (κ2) is 4.65. The number of phenols is 1. The minimum Gasteiger partial charge on any atom is -0.508 e. The van der Waals surface area contributed by atoms with Crippen LogP contribution in [0.5, 0.6) is 5.75 Å². The highest BCUT2D eigenvalue weighted by molar-refractivity contribution is 7.99. The Balaban J connectivity index is 1.95. The number of rotatable bonds is 2. The molecule has 2 aromatic rings. The molecule has 1 atom stereocenters. The molecule has 1 N–H and O–H groups in total. The van der Waals surface area contributed by atoms with E-state index in [4.69, 9.17) is 4.52 Å². The number of thioether (sulfide) groups is 1. The van der Waals surface area contributed by atoms with E-state index < -0.39 is 0 Å². The molecule has 0 spiro atoms. The lowest BCUT2D eigenvalue weighted by Gasteiger charge is -2.02. The van der Waals surface area contributed by atoms with Crippen molar-refractivity contribution in [2.75, 3.05) is 5.75 Å². The first-order valence-corrected chi connectivity index (χ1v) is 7.05. The van der Waals surface area contributed by atoms with E-state index in [2.05, 4.69) is 10.1 Å². The topological polar surface area (TPSA) is 59.2 Å². The molecule has 1 aliphatic heterocycles. The summed E-state index contributed by atoms with van der Waals surface area (Å²) in [6.07, 6.45) is 2.33. The maximum Gasteiger partial charge on any atom is 0.258 e. The van der Waals surface area contributed by atoms with Crippen LogP contribution in [-0.2, 0) is 0 Å². The maximum absolute atomic E-state index is 9.69. The smallest absolute Gasteiger partial charge is 0.258 e. The quantitative estimate of drug-likeness (QED) is 0.899. The van der Waals surface area contributed by atoms with Crippen LogP contribution < -0.4 is 0 Å². The summed E-state index contributed by atoms with van der Waals surface area (Å²) >= 11 is 1.88. The average Bonchev–Trinajstić information content (AvgIpc) is 3.01. The van der Waals surface area contributed by atoms with Gasteiger partial charge < -0.3 is 9.63 Å². The number of hydrogen-bond acceptors (Lipinski definition) is 5. The Hall–Kier alpha value is -1.49. The molecule has 1 aliphatic rings. The van der Waals surface area contributed by atoms with Gasteiger partial charge >= 0.3 is 0 Å². The maximum atomic E-state index is 9.69. The first-order valence-electron chi connectivity index (χ1n) is 6.00. The van der Waals surface area contributed by atoms with Gasteiger partial charge in [-0.1, -0.05) is 11.2 Å². The summed E-state index contributed by atoms with van der Waals surface area (Å²) in [4.78, 5) is 4.45. The number of hydrogen-bond donors (Lipinski definition) is 1. The van der Waals surface area contributed by atoms with Gasteiger partial charge in [-0.2, -0.15) is 16.7 Å². The number of aromatic nitrogens is 2. The minimum absolute atomic E-state index is 0.252. The van der Waals surface area contributed by atoms with E-state index in [1.165, 1.54) is 12.2 Å². The van der Waals surface area contributed by atoms with Crippen molar-refractivity contribution < 1.29 is 9.63 Å². The van der Waals surface area contributed by atoms with Gasteiger partial charge in [0.15, 0.2) is 5.82 Å². The Morgan fingerprint density at radius 1 is 1.44 bits per heavy atom. The van der Waals surface area contributed by atoms with Gasteiger partial charge in [0.05, 0.1) is 5.25 Å². The summed E-state index contributed by atoms with van der Waals surface area (Å²) in [6.45, 7) is 1.85. The second-order valence-corrected chi connectivity index (χ2v) is 5.72. The predicted octanol–water partition coefficient (Wildman–Crippen LogP) is 3.32. The van der Waals surface area contributed by atoms with Crippen molar-refractivity contribution in [1.29, 1.82) is 0 Å². The number of phenolic OH excluding ortho intramolecular Hbond substituents is 1. The molecule has 0 bridgehead atoms. The first-order chi connectivity index (χ1) is 8.75. The van der Waals surface area contributed by atoms with Gasteiger partial charge in [0.25, 0.3) is 5.89 Å². The Kier molecular flexibility index (Phi) is 2.99. The molecule has 0 saturated carbocycles. The van der Waals surface area contributed by atoms with Crippen LogP contribution in [0.1, 0.15) is 29.5 Å². The van der Waals surface area contributed by atoms with Crippen LogP contribution >= 0.6 is 11.8 Å². The molecular formula is C13H14N2O2S. The third-order valence-electron chi connectivity index (χ3n) is 3.20. The number of aromatic hydroxyl groups is 1. The molecule has 1 unspecified atom stereocenters. The molecule has 1 aromatic carbocycles. The summed E-state index contributed by atoms with van der Waals surface area (Å²) in [7, 11) is 0. The fourth-order valence-electron chi connectivity index (χ4n) is 2.11. The fraction of sp³-hybridized carbons (Fsp3) is 0.385. The molecule has 1 saturated heterocycles. The van der Waals surface area contributed by atoms with Gasteiger partial charge in [-0.05, 0) is 37.7 Å². The third-order valence-corrected chi connectivity index (χ3v) is 4.57. The van der Waals surface area contributed by atoms with E-state index >= 15 is 0 Å². The monoisotopic (exact) mass is 262 g/mol. The largest absolute Gasteiger partial charge is 0.508 e. The van der Waals surface area contributed by atoms with Crippen molar-refractivity contribution in [3.8, 4) is 17.2 Å². The summed E-state index contributed by atoms with van der Waals surface area (Å²) in [5.41, 5.74) is 1.57. The van der Waals surface area contributed by atoms with E-state index in [1.54, 1.807) is 12.1 Å². The van der Waals surface area contributed by atoms with E-state index in [9.17, 15) is 5.11 Å². The lowest BCUT2D eigenvalue weighted by atomic mass is 10.1. The summed E-state index contributed by atoms with van der Waals surface area (Å²) < 4.78 is 5.31. The first kappa shape index (κ1) is 11.6. The van der Waals surface area contributed by atoms with E-state index in [0.717, 1.165) is 23.4 Å². The average molecular weight is 262 g/mol. The number of benzene rings is 1. The lowest BCUT2D eigenvalue weighted by molar-refractivity contribution is 0.420. The molecule has 0 radical (unpaired) electrons. The number of nitrogens with zero attached hydrogens (tertiary/aromatic N) is 2. The molecule has 18 heavy (non-hydrogen) atoms. The fourth-order valence-corrected chi connectivity index (χ4v) is 3.31. The Morgan fingerprint density at radius 3 is 3.11 bits per heavy atom. The molecular weight excluding hydrogens is 248 g/mol. The summed E-state index contributed by atoms with van der Waals surface area (Å²) in [5.74, 6) is 2.68. The van der Waals surface area contributed by atoms with Crippen molar-refractivity contribution >= 4 is 11.8 Å². The van der Waals surface area contributed by atoms with Crippen LogP contribution in [0.25, 0.3) is 11.5 Å². The van der Waals surface area contributed by atoms with Crippen molar-refractivity contribution in [3.63, 3.8) is 0 Å². The van der Waals surface area contributed by atoms with Crippen LogP contribution in [0.3, 0.4) is 0 Å². The van der Waals surface area contributed by atoms with Crippen LogP contribution in [0.4, 0.5) is 0 Å². The van der Waals surface area contributed by atoms with Crippen molar-refractivity contribution in [3.05, 3.63) is 29.6 Å². The molecule has 1 aromatic heterocycles. The SMILES string of the molecule is Cc1c(O)cccc1-c1nc(C2CCCS2)no1. The Labute approximate surface area is 109 Å². The Morgan fingerprint density at radius 2 is 2.33 bits per heavy atom. The molecule has 4 nitrogen and oxygen atoms in total. The zero-order valence-corrected chi connectivity index (χ0v) is 10.9. The second-order valence-electron chi connectivity index (χ2n) is 4.41. The van der Waals surface area contributed by atoms with Crippen LogP contribution in [0.2, 0.25) is 0 Å². The minimum atomic E-state index is 0.252. The van der Waals surface area contributed by atoms with E-state index in [0.29, 0.717) is 11.1 Å². The zero-order valence-electron chi connectivity index (χ0n) is 10.1. The highest BCUT2D eigenvalue weighted by atomic mass is 32.2. The highest BCUT2D eigenvalue weighted by Crippen LogP contribution is 2.39. The van der Waals surface area contributed by atoms with E-state index in [1.807, 2.05) is 24.8 Å². The standard InChI is InChI=1S/C13H14N2O2S/c1-8-9(4-2-5-10(8)16)13-14-12(15-17-13)11-6-3-7-18-11/h2,4-5,11,16H,3,6-7H2,1H3. The molecule has 5 heteroatoms. The van der Waals surface area contributed by atoms with Gasteiger partial charge in [-0.3, -0.25) is 0 Å². The molecule has 0 amide bonds. The van der Waals surface area contributed by atoms with Gasteiger partial charge in [0.2, 0.25) is 0 Å². The summed E-state index contributed by atoms with van der Waals surface area (Å²) in [5, 5.41) is 14.1. The molecule has 3 rings (SSSR count). The molecule has 94 valence electrons. The van der Waals surface area contributed by atoms with Gasteiger partial charge in [0, 0.05) is 11.1 Å². The zero-order chi connectivity index (χ0) is 12.5. The van der Waals surface area contributed by atoms with E-state index in [-0.39, 0.29) is 5.75 Å². The highest BCUT2D eigenvalue weighted by Gasteiger charge is 2.23. The van der Waals surface area contributed by atoms with Gasteiger partial charge in [-0.15, -0.1) is 0 Å². The van der Waals surface area contributed by atoms with Crippen LogP contribution in [0, 0.1) is 6.92 Å². The van der Waals surface area contributed by atoms with Crippen LogP contribution in [0.15, 0.2) is 22.7 Å².